The quantitative estimate of drug-likeness (QED) is 0.684. The molecule has 4 heterocycles. The van der Waals surface area contributed by atoms with Gasteiger partial charge >= 0.3 is 0 Å². The van der Waals surface area contributed by atoms with Crippen LogP contribution in [-0.4, -0.2) is 45.6 Å². The second-order valence-electron chi connectivity index (χ2n) is 7.51. The summed E-state index contributed by atoms with van der Waals surface area (Å²) in [5, 5.41) is 3.87. The summed E-state index contributed by atoms with van der Waals surface area (Å²) in [6.45, 7) is 4.02. The number of nitrogens with zero attached hydrogens (tertiary/aromatic N) is 4. The molecule has 0 radical (unpaired) electrons. The Hall–Kier alpha value is -3.06. The maximum absolute atomic E-state index is 12.8. The van der Waals surface area contributed by atoms with E-state index < -0.39 is 0 Å². The topological polar surface area (TPSA) is 81.4 Å². The highest BCUT2D eigenvalue weighted by atomic mass is 16.5. The number of rotatable bonds is 2. The smallest absolute Gasteiger partial charge is 0.276 e. The molecule has 1 spiro atoms. The molecule has 1 atom stereocenters. The molecule has 0 saturated carbocycles. The minimum Gasteiger partial charge on any atom is -0.376 e. The lowest BCUT2D eigenvalue weighted by Crippen LogP contribution is -2.41. The number of carbonyl (C=O) groups excluding carboxylic acids is 1. The summed E-state index contributed by atoms with van der Waals surface area (Å²) < 4.78 is 10.9. The standard InChI is InChI=1S/C21H20N4O3/c1-14-9-17(24-28-14)20(26)25-8-7-21(12-25)13-27-11-16-10-22-19(23-18(16)21)15-5-3-2-4-6-15/h2-6,9-10H,7-8,11-13H2,1H3. The fourth-order valence-electron chi connectivity index (χ4n) is 4.11. The summed E-state index contributed by atoms with van der Waals surface area (Å²) in [4.78, 5) is 24.1. The van der Waals surface area contributed by atoms with Crippen molar-refractivity contribution in [3.63, 3.8) is 0 Å². The Labute approximate surface area is 162 Å². The van der Waals surface area contributed by atoms with Gasteiger partial charge in [-0.25, -0.2) is 9.97 Å². The monoisotopic (exact) mass is 376 g/mol. The number of benzene rings is 1. The number of hydrogen-bond acceptors (Lipinski definition) is 6. The van der Waals surface area contributed by atoms with Gasteiger partial charge in [0.25, 0.3) is 5.91 Å². The highest BCUT2D eigenvalue weighted by Crippen LogP contribution is 2.40. The van der Waals surface area contributed by atoms with E-state index in [0.29, 0.717) is 43.6 Å². The minimum atomic E-state index is -0.311. The van der Waals surface area contributed by atoms with Gasteiger partial charge in [-0.15, -0.1) is 0 Å². The zero-order valence-corrected chi connectivity index (χ0v) is 15.6. The van der Waals surface area contributed by atoms with Crippen LogP contribution >= 0.6 is 0 Å². The van der Waals surface area contributed by atoms with Gasteiger partial charge in [-0.05, 0) is 13.3 Å². The van der Waals surface area contributed by atoms with Crippen LogP contribution in [0.25, 0.3) is 11.4 Å². The molecule has 2 aliphatic rings. The first-order valence-corrected chi connectivity index (χ1v) is 9.37. The first kappa shape index (κ1) is 17.1. The highest BCUT2D eigenvalue weighted by molar-refractivity contribution is 5.92. The van der Waals surface area contributed by atoms with E-state index >= 15 is 0 Å². The molecule has 1 unspecified atom stereocenters. The average Bonchev–Trinajstić information content (AvgIpc) is 3.36. The van der Waals surface area contributed by atoms with E-state index in [0.717, 1.165) is 23.2 Å². The van der Waals surface area contributed by atoms with Crippen molar-refractivity contribution in [3.05, 3.63) is 65.3 Å². The predicted molar refractivity (Wildman–Crippen MR) is 101 cm³/mol. The molecule has 142 valence electrons. The molecule has 5 rings (SSSR count). The number of likely N-dealkylation sites (tertiary alicyclic amines) is 1. The average molecular weight is 376 g/mol. The number of aromatic nitrogens is 3. The molecule has 7 nitrogen and oxygen atoms in total. The van der Waals surface area contributed by atoms with Crippen molar-refractivity contribution in [2.45, 2.75) is 25.4 Å². The number of amides is 1. The van der Waals surface area contributed by atoms with Crippen molar-refractivity contribution in [1.82, 2.24) is 20.0 Å². The van der Waals surface area contributed by atoms with Crippen LogP contribution in [0.2, 0.25) is 0 Å². The van der Waals surface area contributed by atoms with E-state index in [9.17, 15) is 4.79 Å². The summed E-state index contributed by atoms with van der Waals surface area (Å²) in [6, 6.07) is 11.6. The summed E-state index contributed by atoms with van der Waals surface area (Å²) >= 11 is 0. The molecule has 28 heavy (non-hydrogen) atoms. The molecule has 0 N–H and O–H groups in total. The Morgan fingerprint density at radius 3 is 2.89 bits per heavy atom. The molecule has 0 aliphatic carbocycles. The van der Waals surface area contributed by atoms with Crippen molar-refractivity contribution < 1.29 is 14.1 Å². The van der Waals surface area contributed by atoms with Gasteiger partial charge in [-0.3, -0.25) is 4.79 Å². The van der Waals surface area contributed by atoms with Crippen molar-refractivity contribution in [1.29, 1.82) is 0 Å². The molecule has 0 bridgehead atoms. The second kappa shape index (κ2) is 6.53. The van der Waals surface area contributed by atoms with Gasteiger partial charge in [0, 0.05) is 36.5 Å². The Balaban J connectivity index is 1.48. The van der Waals surface area contributed by atoms with E-state index in [1.807, 2.05) is 41.4 Å². The lowest BCUT2D eigenvalue weighted by molar-refractivity contribution is 0.0483. The molecular weight excluding hydrogens is 356 g/mol. The lowest BCUT2D eigenvalue weighted by Gasteiger charge is -2.34. The molecule has 2 aliphatic heterocycles. The fraction of sp³-hybridized carbons (Fsp3) is 0.333. The van der Waals surface area contributed by atoms with E-state index in [-0.39, 0.29) is 11.3 Å². The molecule has 1 aromatic carbocycles. The number of hydrogen-bond donors (Lipinski definition) is 0. The van der Waals surface area contributed by atoms with Crippen LogP contribution < -0.4 is 0 Å². The first-order valence-electron chi connectivity index (χ1n) is 9.37. The molecule has 1 amide bonds. The first-order chi connectivity index (χ1) is 13.6. The maximum Gasteiger partial charge on any atom is 0.276 e. The maximum atomic E-state index is 12.8. The van der Waals surface area contributed by atoms with Crippen LogP contribution in [0.15, 0.2) is 47.1 Å². The summed E-state index contributed by atoms with van der Waals surface area (Å²) in [5.41, 5.74) is 3.01. The van der Waals surface area contributed by atoms with Crippen LogP contribution in [-0.2, 0) is 16.8 Å². The summed E-state index contributed by atoms with van der Waals surface area (Å²) in [6.07, 6.45) is 2.66. The van der Waals surface area contributed by atoms with Gasteiger partial charge in [-0.2, -0.15) is 0 Å². The predicted octanol–water partition coefficient (Wildman–Crippen LogP) is 2.75. The molecule has 1 fully saturated rings. The van der Waals surface area contributed by atoms with Crippen LogP contribution in [0.1, 0.15) is 33.9 Å². The van der Waals surface area contributed by atoms with Gasteiger partial charge in [-0.1, -0.05) is 35.5 Å². The molecular formula is C21H20N4O3. The van der Waals surface area contributed by atoms with E-state index in [4.69, 9.17) is 14.2 Å². The Kier molecular flexibility index (Phi) is 3.98. The third-order valence-electron chi connectivity index (χ3n) is 5.52. The lowest BCUT2D eigenvalue weighted by atomic mass is 9.80. The highest BCUT2D eigenvalue weighted by Gasteiger charge is 2.46. The Bertz CT molecular complexity index is 1030. The van der Waals surface area contributed by atoms with Crippen molar-refractivity contribution in [2.75, 3.05) is 19.7 Å². The minimum absolute atomic E-state index is 0.113. The van der Waals surface area contributed by atoms with Crippen molar-refractivity contribution in [2.24, 2.45) is 0 Å². The molecule has 2 aromatic heterocycles. The van der Waals surface area contributed by atoms with Crippen LogP contribution in [0.5, 0.6) is 0 Å². The van der Waals surface area contributed by atoms with E-state index in [1.54, 1.807) is 13.0 Å². The van der Waals surface area contributed by atoms with Crippen LogP contribution in [0, 0.1) is 6.92 Å². The summed E-state index contributed by atoms with van der Waals surface area (Å²) in [5.74, 6) is 1.22. The Morgan fingerprint density at radius 1 is 1.25 bits per heavy atom. The zero-order chi connectivity index (χ0) is 19.1. The van der Waals surface area contributed by atoms with Gasteiger partial charge in [0.2, 0.25) is 0 Å². The molecule has 7 heteroatoms. The van der Waals surface area contributed by atoms with Crippen LogP contribution in [0.4, 0.5) is 0 Å². The van der Waals surface area contributed by atoms with E-state index in [2.05, 4.69) is 10.1 Å². The van der Waals surface area contributed by atoms with Crippen molar-refractivity contribution in [3.8, 4) is 11.4 Å². The molecule has 1 saturated heterocycles. The Morgan fingerprint density at radius 2 is 2.11 bits per heavy atom. The SMILES string of the molecule is Cc1cc(C(=O)N2CCC3(COCc4cnc(-c5ccccc5)nc43)C2)no1. The number of ether oxygens (including phenoxy) is 1. The molecule has 3 aromatic rings. The number of carbonyl (C=O) groups is 1. The third kappa shape index (κ3) is 2.79. The third-order valence-corrected chi connectivity index (χ3v) is 5.52. The van der Waals surface area contributed by atoms with Gasteiger partial charge < -0.3 is 14.2 Å². The van der Waals surface area contributed by atoms with Gasteiger partial charge in [0.1, 0.15) is 5.76 Å². The zero-order valence-electron chi connectivity index (χ0n) is 15.6. The fourth-order valence-corrected chi connectivity index (χ4v) is 4.11. The normalized spacial score (nSPS) is 21.1. The van der Waals surface area contributed by atoms with E-state index in [1.165, 1.54) is 0 Å². The van der Waals surface area contributed by atoms with Crippen LogP contribution in [0.3, 0.4) is 0 Å². The largest absolute Gasteiger partial charge is 0.376 e. The van der Waals surface area contributed by atoms with Crippen molar-refractivity contribution >= 4 is 5.91 Å². The second-order valence-corrected chi connectivity index (χ2v) is 7.51. The number of fused-ring (bicyclic) bond motifs is 2. The number of aryl methyl sites for hydroxylation is 1. The summed E-state index contributed by atoms with van der Waals surface area (Å²) in [7, 11) is 0. The van der Waals surface area contributed by atoms with Gasteiger partial charge in [0.15, 0.2) is 11.5 Å². The van der Waals surface area contributed by atoms with Gasteiger partial charge in [0.05, 0.1) is 24.3 Å².